The average molecular weight is 377 g/mol. The number of aromatic nitrogens is 3. The quantitative estimate of drug-likeness (QED) is 0.688. The van der Waals surface area contributed by atoms with Crippen LogP contribution in [-0.2, 0) is 6.18 Å². The Kier molecular flexibility index (Phi) is 4.99. The van der Waals surface area contributed by atoms with E-state index in [-0.39, 0.29) is 16.5 Å². The first-order valence-electron chi connectivity index (χ1n) is 7.48. The van der Waals surface area contributed by atoms with Gasteiger partial charge in [-0.15, -0.1) is 0 Å². The lowest BCUT2D eigenvalue weighted by Gasteiger charge is -2.15. The lowest BCUT2D eigenvalue weighted by atomic mass is 10.2. The minimum absolute atomic E-state index is 0.0495. The maximum atomic E-state index is 13.5. The minimum Gasteiger partial charge on any atom is -0.368 e. The van der Waals surface area contributed by atoms with Crippen LogP contribution in [0.5, 0.6) is 0 Å². The summed E-state index contributed by atoms with van der Waals surface area (Å²) in [7, 11) is 0. The number of nitrogens with one attached hydrogen (secondary N) is 1. The zero-order valence-corrected chi connectivity index (χ0v) is 14.4. The molecule has 0 aliphatic heterocycles. The molecule has 0 radical (unpaired) electrons. The molecule has 0 spiro atoms. The number of rotatable bonds is 4. The van der Waals surface area contributed by atoms with Crippen LogP contribution in [0.2, 0.25) is 0 Å². The Morgan fingerprint density at radius 3 is 2.42 bits per heavy atom. The molecule has 2 heterocycles. The van der Waals surface area contributed by atoms with Crippen molar-refractivity contribution in [2.75, 3.05) is 11.1 Å². The first-order chi connectivity index (χ1) is 12.3. The van der Waals surface area contributed by atoms with Gasteiger partial charge in [0.2, 0.25) is 5.95 Å². The van der Waals surface area contributed by atoms with Crippen LogP contribution in [0.3, 0.4) is 0 Å². The lowest BCUT2D eigenvalue weighted by molar-refractivity contribution is -0.139. The fourth-order valence-corrected chi connectivity index (χ4v) is 3.19. The second-order valence-electron chi connectivity index (χ2n) is 5.37. The molecule has 3 rings (SSSR count). The van der Waals surface area contributed by atoms with Gasteiger partial charge in [-0.05, 0) is 37.3 Å². The average Bonchev–Trinajstić information content (AvgIpc) is 2.55. The van der Waals surface area contributed by atoms with Crippen molar-refractivity contribution >= 4 is 29.2 Å². The van der Waals surface area contributed by atoms with Gasteiger partial charge in [0.15, 0.2) is 0 Å². The topological polar surface area (TPSA) is 76.7 Å². The van der Waals surface area contributed by atoms with Crippen LogP contribution in [-0.4, -0.2) is 15.0 Å². The Hall–Kier alpha value is -2.81. The fraction of sp³-hybridized carbons (Fsp3) is 0.118. The van der Waals surface area contributed by atoms with Gasteiger partial charge in [-0.3, -0.25) is 4.98 Å². The van der Waals surface area contributed by atoms with Gasteiger partial charge in [0.05, 0.1) is 5.56 Å². The van der Waals surface area contributed by atoms with Crippen LogP contribution in [0.15, 0.2) is 58.6 Å². The SMILES string of the molecule is Cc1cc(Nc2ccc(Sc3ccncc3)c(C(F)(F)F)c2)nc(N)n1. The molecule has 0 saturated heterocycles. The predicted octanol–water partition coefficient (Wildman–Crippen LogP) is 4.68. The maximum Gasteiger partial charge on any atom is 0.417 e. The normalized spacial score (nSPS) is 11.4. The van der Waals surface area contributed by atoms with E-state index in [0.29, 0.717) is 16.4 Å². The molecule has 0 atom stereocenters. The number of alkyl halides is 3. The van der Waals surface area contributed by atoms with Crippen molar-refractivity contribution in [3.05, 3.63) is 60.0 Å². The zero-order valence-electron chi connectivity index (χ0n) is 13.6. The molecule has 1 aromatic carbocycles. The third kappa shape index (κ3) is 4.42. The highest BCUT2D eigenvalue weighted by Crippen LogP contribution is 2.41. The molecule has 0 aliphatic rings. The molecule has 9 heteroatoms. The van der Waals surface area contributed by atoms with E-state index in [1.165, 1.54) is 18.5 Å². The molecule has 0 unspecified atom stereocenters. The van der Waals surface area contributed by atoms with E-state index < -0.39 is 11.7 Å². The summed E-state index contributed by atoms with van der Waals surface area (Å²) in [6.07, 6.45) is -1.42. The highest BCUT2D eigenvalue weighted by atomic mass is 32.2. The van der Waals surface area contributed by atoms with Crippen LogP contribution in [0.1, 0.15) is 11.3 Å². The highest BCUT2D eigenvalue weighted by Gasteiger charge is 2.34. The fourth-order valence-electron chi connectivity index (χ4n) is 2.25. The van der Waals surface area contributed by atoms with Crippen molar-refractivity contribution < 1.29 is 13.2 Å². The summed E-state index contributed by atoms with van der Waals surface area (Å²) in [5, 5.41) is 2.84. The number of anilines is 3. The van der Waals surface area contributed by atoms with Crippen LogP contribution in [0.25, 0.3) is 0 Å². The van der Waals surface area contributed by atoms with Gasteiger partial charge in [0.1, 0.15) is 5.82 Å². The Balaban J connectivity index is 1.93. The molecule has 0 saturated carbocycles. The molecule has 134 valence electrons. The third-order valence-electron chi connectivity index (χ3n) is 3.31. The molecular formula is C17H14F3N5S. The molecule has 0 aliphatic carbocycles. The second-order valence-corrected chi connectivity index (χ2v) is 6.49. The second kappa shape index (κ2) is 7.20. The van der Waals surface area contributed by atoms with Crippen molar-refractivity contribution in [3.63, 3.8) is 0 Å². The number of aryl methyl sites for hydroxylation is 1. The first kappa shape index (κ1) is 18.0. The van der Waals surface area contributed by atoms with Gasteiger partial charge < -0.3 is 11.1 Å². The molecule has 26 heavy (non-hydrogen) atoms. The number of pyridine rings is 1. The van der Waals surface area contributed by atoms with Crippen molar-refractivity contribution in [1.82, 2.24) is 15.0 Å². The van der Waals surface area contributed by atoms with Crippen molar-refractivity contribution in [2.24, 2.45) is 0 Å². The number of nitrogens with zero attached hydrogens (tertiary/aromatic N) is 3. The van der Waals surface area contributed by atoms with E-state index in [1.807, 2.05) is 0 Å². The number of halogens is 3. The Bertz CT molecular complexity index is 896. The van der Waals surface area contributed by atoms with E-state index >= 15 is 0 Å². The van der Waals surface area contributed by atoms with Gasteiger partial charge in [-0.25, -0.2) is 4.98 Å². The number of hydrogen-bond acceptors (Lipinski definition) is 6. The summed E-state index contributed by atoms with van der Waals surface area (Å²) in [6, 6.07) is 8.95. The highest BCUT2D eigenvalue weighted by molar-refractivity contribution is 7.99. The summed E-state index contributed by atoms with van der Waals surface area (Å²) >= 11 is 1.03. The number of nitrogen functional groups attached to an aromatic ring is 1. The van der Waals surface area contributed by atoms with Crippen LogP contribution >= 0.6 is 11.8 Å². The number of benzene rings is 1. The molecule has 3 N–H and O–H groups in total. The molecule has 0 amide bonds. The van der Waals surface area contributed by atoms with Crippen LogP contribution < -0.4 is 11.1 Å². The van der Waals surface area contributed by atoms with E-state index in [1.54, 1.807) is 31.2 Å². The third-order valence-corrected chi connectivity index (χ3v) is 4.39. The number of nitrogens with two attached hydrogens (primary N) is 1. The van der Waals surface area contributed by atoms with Crippen LogP contribution in [0.4, 0.5) is 30.6 Å². The summed E-state index contributed by atoms with van der Waals surface area (Å²) in [4.78, 5) is 12.5. The molecule has 0 fully saturated rings. The summed E-state index contributed by atoms with van der Waals surface area (Å²) in [5.74, 6) is 0.381. The summed E-state index contributed by atoms with van der Waals surface area (Å²) in [6.45, 7) is 1.72. The van der Waals surface area contributed by atoms with Gasteiger partial charge in [-0.2, -0.15) is 18.2 Å². The Morgan fingerprint density at radius 2 is 1.77 bits per heavy atom. The minimum atomic E-state index is -4.49. The molecule has 5 nitrogen and oxygen atoms in total. The van der Waals surface area contributed by atoms with E-state index in [4.69, 9.17) is 5.73 Å². The smallest absolute Gasteiger partial charge is 0.368 e. The first-order valence-corrected chi connectivity index (χ1v) is 8.30. The van der Waals surface area contributed by atoms with Crippen molar-refractivity contribution in [1.29, 1.82) is 0 Å². The number of hydrogen-bond donors (Lipinski definition) is 2. The summed E-state index contributed by atoms with van der Waals surface area (Å²) in [5.41, 5.74) is 5.71. The Labute approximate surface area is 151 Å². The van der Waals surface area contributed by atoms with Crippen molar-refractivity contribution in [3.8, 4) is 0 Å². The zero-order chi connectivity index (χ0) is 18.7. The monoisotopic (exact) mass is 377 g/mol. The predicted molar refractivity (Wildman–Crippen MR) is 94.3 cm³/mol. The van der Waals surface area contributed by atoms with Gasteiger partial charge in [-0.1, -0.05) is 11.8 Å². The molecule has 0 bridgehead atoms. The van der Waals surface area contributed by atoms with Gasteiger partial charge in [0.25, 0.3) is 0 Å². The van der Waals surface area contributed by atoms with E-state index in [0.717, 1.165) is 17.8 Å². The van der Waals surface area contributed by atoms with E-state index in [2.05, 4.69) is 20.3 Å². The maximum absolute atomic E-state index is 13.5. The Morgan fingerprint density at radius 1 is 1.04 bits per heavy atom. The van der Waals surface area contributed by atoms with Crippen molar-refractivity contribution in [2.45, 2.75) is 22.9 Å². The van der Waals surface area contributed by atoms with E-state index in [9.17, 15) is 13.2 Å². The molecule has 2 aromatic heterocycles. The largest absolute Gasteiger partial charge is 0.417 e. The van der Waals surface area contributed by atoms with Gasteiger partial charge >= 0.3 is 6.18 Å². The standard InChI is InChI=1S/C17H14F3N5S/c1-10-8-15(25-16(21)23-10)24-11-2-3-14(13(9-11)17(18,19)20)26-12-4-6-22-7-5-12/h2-9H,1H3,(H3,21,23,24,25). The molecular weight excluding hydrogens is 363 g/mol. The van der Waals surface area contributed by atoms with Crippen LogP contribution in [0, 0.1) is 6.92 Å². The molecule has 3 aromatic rings. The lowest BCUT2D eigenvalue weighted by Crippen LogP contribution is -2.08. The van der Waals surface area contributed by atoms with Gasteiger partial charge in [0, 0.05) is 39.6 Å². The summed E-state index contributed by atoms with van der Waals surface area (Å²) < 4.78 is 40.5.